The fraction of sp³-hybridized carbons (Fsp3) is 0. The van der Waals surface area contributed by atoms with Crippen molar-refractivity contribution in [3.05, 3.63) is 34.9 Å². The SMILES string of the molecule is Clc1ccc(C2=NO[Te]3=C2C=NO3)cc1. The molecule has 2 heterocycles. The zero-order valence-corrected chi connectivity index (χ0v) is 10.5. The Morgan fingerprint density at radius 1 is 1.13 bits per heavy atom. The van der Waals surface area contributed by atoms with Gasteiger partial charge in [0.2, 0.25) is 0 Å². The Kier molecular flexibility index (Phi) is 2.24. The van der Waals surface area contributed by atoms with Crippen molar-refractivity contribution in [3.8, 4) is 0 Å². The van der Waals surface area contributed by atoms with Gasteiger partial charge in [-0.2, -0.15) is 0 Å². The standard InChI is InChI=1S/C9H5ClN2O2Te/c10-7-3-1-6(2-4-7)9-8-5-11-13-15(8)14-12-9/h1-5H. The van der Waals surface area contributed by atoms with Crippen LogP contribution in [-0.2, 0) is 6.40 Å². The summed E-state index contributed by atoms with van der Waals surface area (Å²) in [5.41, 5.74) is 1.80. The fourth-order valence-electron chi connectivity index (χ4n) is 1.30. The van der Waals surface area contributed by atoms with Crippen LogP contribution in [0.4, 0.5) is 0 Å². The van der Waals surface area contributed by atoms with Crippen LogP contribution >= 0.6 is 11.6 Å². The Morgan fingerprint density at radius 2 is 1.93 bits per heavy atom. The van der Waals surface area contributed by atoms with E-state index in [0.29, 0.717) is 5.02 Å². The van der Waals surface area contributed by atoms with E-state index in [9.17, 15) is 0 Å². The van der Waals surface area contributed by atoms with Gasteiger partial charge in [0.1, 0.15) is 0 Å². The number of hydrogen-bond donors (Lipinski definition) is 0. The van der Waals surface area contributed by atoms with Crippen molar-refractivity contribution in [2.45, 2.75) is 0 Å². The number of nitrogens with zero attached hydrogens (tertiary/aromatic N) is 2. The van der Waals surface area contributed by atoms with Gasteiger partial charge in [-0.15, -0.1) is 0 Å². The summed E-state index contributed by atoms with van der Waals surface area (Å²) < 4.78 is 11.3. The van der Waals surface area contributed by atoms with Gasteiger partial charge in [-0.3, -0.25) is 0 Å². The molecular weight excluding hydrogens is 331 g/mol. The molecule has 2 aliphatic rings. The zero-order valence-electron chi connectivity index (χ0n) is 7.38. The molecule has 0 aromatic heterocycles. The maximum absolute atomic E-state index is 5.81. The molecule has 15 heavy (non-hydrogen) atoms. The maximum atomic E-state index is 5.81. The molecule has 2 aliphatic heterocycles. The summed E-state index contributed by atoms with van der Waals surface area (Å²) in [6.45, 7) is 0. The Labute approximate surface area is 98.3 Å². The van der Waals surface area contributed by atoms with Crippen molar-refractivity contribution >= 4 is 47.0 Å². The molecule has 4 nitrogen and oxygen atoms in total. The Morgan fingerprint density at radius 3 is 2.73 bits per heavy atom. The van der Waals surface area contributed by atoms with E-state index in [-0.39, 0.29) is 0 Å². The first kappa shape index (κ1) is 9.34. The van der Waals surface area contributed by atoms with E-state index in [2.05, 4.69) is 10.3 Å². The predicted molar refractivity (Wildman–Crippen MR) is 59.4 cm³/mol. The number of oxime groups is 2. The fourth-order valence-corrected chi connectivity index (χ4v) is 3.98. The van der Waals surface area contributed by atoms with Crippen LogP contribution in [0.5, 0.6) is 0 Å². The molecule has 0 saturated heterocycles. The second-order valence-corrected chi connectivity index (χ2v) is 6.81. The second-order valence-electron chi connectivity index (χ2n) is 2.93. The van der Waals surface area contributed by atoms with Crippen molar-refractivity contribution in [3.63, 3.8) is 0 Å². The van der Waals surface area contributed by atoms with Gasteiger partial charge >= 0.3 is 98.5 Å². The molecule has 0 saturated carbocycles. The first-order chi connectivity index (χ1) is 7.34. The third kappa shape index (κ3) is 1.57. The van der Waals surface area contributed by atoms with Gasteiger partial charge in [0.05, 0.1) is 0 Å². The molecule has 0 radical (unpaired) electrons. The van der Waals surface area contributed by atoms with Gasteiger partial charge in [-0.05, 0) is 0 Å². The van der Waals surface area contributed by atoms with Gasteiger partial charge in [0, 0.05) is 0 Å². The third-order valence-corrected chi connectivity index (χ3v) is 5.37. The van der Waals surface area contributed by atoms with Gasteiger partial charge in [0.25, 0.3) is 0 Å². The normalized spacial score (nSPS) is 18.5. The first-order valence-corrected chi connectivity index (χ1v) is 7.63. The van der Waals surface area contributed by atoms with Crippen LogP contribution in [0.25, 0.3) is 0 Å². The molecule has 1 aromatic carbocycles. The van der Waals surface area contributed by atoms with E-state index in [1.54, 1.807) is 6.21 Å². The van der Waals surface area contributed by atoms with Crippen LogP contribution in [-0.4, -0.2) is 35.4 Å². The number of hydrogen-bond acceptors (Lipinski definition) is 4. The molecule has 0 N–H and O–H groups in total. The summed E-state index contributed by atoms with van der Waals surface area (Å²) >= 11 is 3.68. The van der Waals surface area contributed by atoms with Crippen molar-refractivity contribution in [2.75, 3.05) is 0 Å². The molecule has 0 unspecified atom stereocenters. The van der Waals surface area contributed by atoms with Crippen LogP contribution in [0.3, 0.4) is 0 Å². The first-order valence-electron chi connectivity index (χ1n) is 4.18. The Bertz CT molecular complexity index is 507. The van der Waals surface area contributed by atoms with E-state index in [4.69, 9.17) is 18.0 Å². The average molecular weight is 336 g/mol. The van der Waals surface area contributed by atoms with Gasteiger partial charge < -0.3 is 0 Å². The van der Waals surface area contributed by atoms with E-state index in [1.807, 2.05) is 24.3 Å². The predicted octanol–water partition coefficient (Wildman–Crippen LogP) is 1.33. The molecule has 0 atom stereocenters. The Balaban J connectivity index is 2.02. The molecule has 1 aromatic rings. The molecule has 6 heteroatoms. The number of benzene rings is 1. The minimum absolute atomic E-state index is 0.705. The summed E-state index contributed by atoms with van der Waals surface area (Å²) in [5.74, 6) is 0. The van der Waals surface area contributed by atoms with E-state index < -0.39 is 19.9 Å². The molecule has 0 fully saturated rings. The summed E-state index contributed by atoms with van der Waals surface area (Å²) in [6, 6.07) is 7.47. The Hall–Kier alpha value is -0.890. The summed E-state index contributed by atoms with van der Waals surface area (Å²) in [6.07, 6.45) is 1.69. The summed E-state index contributed by atoms with van der Waals surface area (Å²) in [5, 5.41) is 8.46. The molecule has 0 amide bonds. The topological polar surface area (TPSA) is 43.2 Å². The molecule has 0 bridgehead atoms. The van der Waals surface area contributed by atoms with Crippen LogP contribution in [0.1, 0.15) is 5.56 Å². The molecular formula is C9H5ClN2O2Te. The summed E-state index contributed by atoms with van der Waals surface area (Å²) in [7, 11) is 0. The molecule has 76 valence electrons. The van der Waals surface area contributed by atoms with E-state index >= 15 is 0 Å². The van der Waals surface area contributed by atoms with Crippen LogP contribution in [0, 0.1) is 0 Å². The molecule has 3 rings (SSSR count). The van der Waals surface area contributed by atoms with E-state index in [0.717, 1.165) is 14.8 Å². The third-order valence-electron chi connectivity index (χ3n) is 2.01. The minimum atomic E-state index is -2.13. The van der Waals surface area contributed by atoms with Crippen LogP contribution < -0.4 is 0 Å². The van der Waals surface area contributed by atoms with Crippen molar-refractivity contribution in [1.29, 1.82) is 0 Å². The number of rotatable bonds is 1. The average Bonchev–Trinajstić information content (AvgIpc) is 2.80. The van der Waals surface area contributed by atoms with Gasteiger partial charge in [-0.25, -0.2) is 0 Å². The number of halogens is 1. The van der Waals surface area contributed by atoms with Crippen LogP contribution in [0.2, 0.25) is 5.02 Å². The van der Waals surface area contributed by atoms with Crippen LogP contribution in [0.15, 0.2) is 34.6 Å². The van der Waals surface area contributed by atoms with Crippen molar-refractivity contribution in [2.24, 2.45) is 10.3 Å². The molecule has 0 spiro atoms. The zero-order chi connectivity index (χ0) is 10.3. The molecule has 0 aliphatic carbocycles. The quantitative estimate of drug-likeness (QED) is 0.727. The second kappa shape index (κ2) is 3.60. The van der Waals surface area contributed by atoms with Gasteiger partial charge in [-0.1, -0.05) is 0 Å². The van der Waals surface area contributed by atoms with Gasteiger partial charge in [0.15, 0.2) is 0 Å². The van der Waals surface area contributed by atoms with Crippen molar-refractivity contribution in [1.82, 2.24) is 0 Å². The van der Waals surface area contributed by atoms with E-state index in [1.165, 1.54) is 0 Å². The summed E-state index contributed by atoms with van der Waals surface area (Å²) in [4.78, 5) is 0. The van der Waals surface area contributed by atoms with Crippen molar-refractivity contribution < 1.29 is 6.40 Å². The monoisotopic (exact) mass is 338 g/mol.